The van der Waals surface area contributed by atoms with Crippen molar-refractivity contribution in [2.45, 2.75) is 58.2 Å². The van der Waals surface area contributed by atoms with E-state index in [1.54, 1.807) is 0 Å². The molecule has 108 valence electrons. The van der Waals surface area contributed by atoms with Gasteiger partial charge in [0.1, 0.15) is 0 Å². The Bertz CT molecular complexity index is 224. The Balaban J connectivity index is 2.51. The highest BCUT2D eigenvalue weighted by Gasteiger charge is 2.31. The second-order valence-corrected chi connectivity index (χ2v) is 5.68. The topological polar surface area (TPSA) is 55.7 Å². The summed E-state index contributed by atoms with van der Waals surface area (Å²) >= 11 is 0. The summed E-state index contributed by atoms with van der Waals surface area (Å²) in [6.45, 7) is 9.54. The van der Waals surface area contributed by atoms with E-state index in [9.17, 15) is 5.11 Å². The van der Waals surface area contributed by atoms with Gasteiger partial charge in [-0.1, -0.05) is 6.92 Å². The Morgan fingerprint density at radius 3 is 2.61 bits per heavy atom. The van der Waals surface area contributed by atoms with Crippen LogP contribution in [0.15, 0.2) is 0 Å². The Morgan fingerprint density at radius 2 is 2.06 bits per heavy atom. The van der Waals surface area contributed by atoms with Gasteiger partial charge in [-0.2, -0.15) is 0 Å². The molecule has 1 heterocycles. The van der Waals surface area contributed by atoms with Crippen LogP contribution in [0.5, 0.6) is 0 Å². The van der Waals surface area contributed by atoms with E-state index in [0.29, 0.717) is 18.0 Å². The molecule has 1 aliphatic rings. The monoisotopic (exact) mass is 258 g/mol. The third-order valence-electron chi connectivity index (χ3n) is 4.18. The molecule has 0 aromatic carbocycles. The van der Waals surface area contributed by atoms with Crippen molar-refractivity contribution in [1.82, 2.24) is 10.2 Å². The maximum absolute atomic E-state index is 9.84. The molecular formula is C14H30N2O2. The molecule has 0 bridgehead atoms. The van der Waals surface area contributed by atoms with Crippen molar-refractivity contribution in [2.75, 3.05) is 26.2 Å². The van der Waals surface area contributed by atoms with E-state index in [1.807, 2.05) is 6.92 Å². The molecule has 0 saturated carbocycles. The number of aliphatic hydroxyl groups is 2. The van der Waals surface area contributed by atoms with Crippen molar-refractivity contribution in [3.8, 4) is 0 Å². The number of piperidine rings is 1. The maximum Gasteiger partial charge on any atom is 0.0553 e. The van der Waals surface area contributed by atoms with Crippen molar-refractivity contribution in [1.29, 1.82) is 0 Å². The molecule has 0 aromatic heterocycles. The van der Waals surface area contributed by atoms with Gasteiger partial charge in [-0.05, 0) is 45.6 Å². The first-order valence-electron chi connectivity index (χ1n) is 7.34. The molecule has 1 fully saturated rings. The van der Waals surface area contributed by atoms with Gasteiger partial charge in [-0.3, -0.25) is 4.90 Å². The predicted molar refractivity (Wildman–Crippen MR) is 74.6 cm³/mol. The molecule has 0 aliphatic carbocycles. The van der Waals surface area contributed by atoms with Crippen LogP contribution in [0.2, 0.25) is 0 Å². The quantitative estimate of drug-likeness (QED) is 0.592. The van der Waals surface area contributed by atoms with Crippen LogP contribution < -0.4 is 5.32 Å². The van der Waals surface area contributed by atoms with Crippen molar-refractivity contribution >= 4 is 0 Å². The highest BCUT2D eigenvalue weighted by atomic mass is 16.3. The Morgan fingerprint density at radius 1 is 1.33 bits per heavy atom. The summed E-state index contributed by atoms with van der Waals surface area (Å²) in [5, 5.41) is 22.2. The zero-order valence-electron chi connectivity index (χ0n) is 12.1. The van der Waals surface area contributed by atoms with Crippen molar-refractivity contribution in [2.24, 2.45) is 5.92 Å². The Kier molecular flexibility index (Phi) is 7.15. The molecule has 0 spiro atoms. The lowest BCUT2D eigenvalue weighted by Gasteiger charge is -2.42. The SMILES string of the molecule is CCC(C)N1CC(NCCCO)CC(C(C)O)C1. The summed E-state index contributed by atoms with van der Waals surface area (Å²) in [6.07, 6.45) is 2.75. The van der Waals surface area contributed by atoms with E-state index < -0.39 is 0 Å². The van der Waals surface area contributed by atoms with E-state index in [-0.39, 0.29) is 12.7 Å². The fraction of sp³-hybridized carbons (Fsp3) is 1.00. The van der Waals surface area contributed by atoms with Gasteiger partial charge in [0, 0.05) is 31.8 Å². The molecule has 1 aliphatic heterocycles. The number of aliphatic hydroxyl groups excluding tert-OH is 2. The molecule has 4 unspecified atom stereocenters. The summed E-state index contributed by atoms with van der Waals surface area (Å²) < 4.78 is 0. The maximum atomic E-state index is 9.84. The first kappa shape index (κ1) is 15.9. The molecule has 4 heteroatoms. The Labute approximate surface area is 111 Å². The number of likely N-dealkylation sites (tertiary alicyclic amines) is 1. The second kappa shape index (κ2) is 8.10. The highest BCUT2D eigenvalue weighted by Crippen LogP contribution is 2.22. The van der Waals surface area contributed by atoms with Crippen molar-refractivity contribution in [3.05, 3.63) is 0 Å². The third kappa shape index (κ3) is 4.84. The highest BCUT2D eigenvalue weighted by molar-refractivity contribution is 4.87. The number of nitrogens with zero attached hydrogens (tertiary/aromatic N) is 1. The molecule has 4 atom stereocenters. The average Bonchev–Trinajstić information content (AvgIpc) is 2.37. The summed E-state index contributed by atoms with van der Waals surface area (Å²) in [5.74, 6) is 0.361. The van der Waals surface area contributed by atoms with Gasteiger partial charge >= 0.3 is 0 Å². The smallest absolute Gasteiger partial charge is 0.0553 e. The molecule has 1 saturated heterocycles. The summed E-state index contributed by atoms with van der Waals surface area (Å²) in [6, 6.07) is 1.02. The average molecular weight is 258 g/mol. The van der Waals surface area contributed by atoms with Crippen LogP contribution >= 0.6 is 0 Å². The summed E-state index contributed by atoms with van der Waals surface area (Å²) in [5.41, 5.74) is 0. The zero-order chi connectivity index (χ0) is 13.5. The van der Waals surface area contributed by atoms with Crippen molar-refractivity contribution < 1.29 is 10.2 Å². The summed E-state index contributed by atoms with van der Waals surface area (Å²) in [4.78, 5) is 2.48. The van der Waals surface area contributed by atoms with Crippen LogP contribution in [0.3, 0.4) is 0 Å². The van der Waals surface area contributed by atoms with Crippen molar-refractivity contribution in [3.63, 3.8) is 0 Å². The van der Waals surface area contributed by atoms with Gasteiger partial charge in [-0.25, -0.2) is 0 Å². The first-order valence-corrected chi connectivity index (χ1v) is 7.34. The minimum absolute atomic E-state index is 0.237. The summed E-state index contributed by atoms with van der Waals surface area (Å²) in [7, 11) is 0. The van der Waals surface area contributed by atoms with Crippen LogP contribution in [0.1, 0.15) is 40.0 Å². The molecule has 3 N–H and O–H groups in total. The fourth-order valence-electron chi connectivity index (χ4n) is 2.67. The van der Waals surface area contributed by atoms with E-state index in [2.05, 4.69) is 24.1 Å². The van der Waals surface area contributed by atoms with Gasteiger partial charge in [0.05, 0.1) is 6.10 Å². The number of rotatable bonds is 7. The fourth-order valence-corrected chi connectivity index (χ4v) is 2.67. The minimum Gasteiger partial charge on any atom is -0.396 e. The molecule has 1 rings (SSSR count). The van der Waals surface area contributed by atoms with E-state index in [0.717, 1.165) is 38.9 Å². The minimum atomic E-state index is -0.237. The van der Waals surface area contributed by atoms with Gasteiger partial charge in [0.25, 0.3) is 0 Å². The van der Waals surface area contributed by atoms with Crippen LogP contribution in [0.4, 0.5) is 0 Å². The van der Waals surface area contributed by atoms with Gasteiger partial charge in [0.15, 0.2) is 0 Å². The zero-order valence-corrected chi connectivity index (χ0v) is 12.1. The van der Waals surface area contributed by atoms with Crippen LogP contribution in [0.25, 0.3) is 0 Å². The molecule has 0 aromatic rings. The van der Waals surface area contributed by atoms with Gasteiger partial charge in [0.2, 0.25) is 0 Å². The first-order chi connectivity index (χ1) is 8.58. The lowest BCUT2D eigenvalue weighted by Crippen LogP contribution is -2.54. The molecule has 0 amide bonds. The van der Waals surface area contributed by atoms with E-state index >= 15 is 0 Å². The van der Waals surface area contributed by atoms with Crippen LogP contribution in [-0.4, -0.2) is 59.5 Å². The van der Waals surface area contributed by atoms with E-state index in [4.69, 9.17) is 5.11 Å². The largest absolute Gasteiger partial charge is 0.396 e. The number of hydrogen-bond acceptors (Lipinski definition) is 4. The second-order valence-electron chi connectivity index (χ2n) is 5.68. The molecule has 4 nitrogen and oxygen atoms in total. The van der Waals surface area contributed by atoms with Crippen LogP contribution in [-0.2, 0) is 0 Å². The number of hydrogen-bond donors (Lipinski definition) is 3. The van der Waals surface area contributed by atoms with E-state index in [1.165, 1.54) is 0 Å². The van der Waals surface area contributed by atoms with Gasteiger partial charge in [-0.15, -0.1) is 0 Å². The predicted octanol–water partition coefficient (Wildman–Crippen LogP) is 0.828. The lowest BCUT2D eigenvalue weighted by molar-refractivity contribution is 0.0314. The van der Waals surface area contributed by atoms with Crippen LogP contribution in [0, 0.1) is 5.92 Å². The number of nitrogens with one attached hydrogen (secondary N) is 1. The normalized spacial score (nSPS) is 29.2. The molecule has 0 radical (unpaired) electrons. The Hall–Kier alpha value is -0.160. The third-order valence-corrected chi connectivity index (χ3v) is 4.18. The van der Waals surface area contributed by atoms with Gasteiger partial charge < -0.3 is 15.5 Å². The molecule has 18 heavy (non-hydrogen) atoms. The molecular weight excluding hydrogens is 228 g/mol. The lowest BCUT2D eigenvalue weighted by atomic mass is 9.89. The standard InChI is InChI=1S/C14H30N2O2/c1-4-11(2)16-9-13(12(3)18)8-14(10-16)15-6-5-7-17/h11-15,17-18H,4-10H2,1-3H3.